The molecule has 1 aromatic carbocycles. The largest absolute Gasteiger partial charge is 0.355 e. The van der Waals surface area contributed by atoms with Gasteiger partial charge in [-0.15, -0.1) is 0 Å². The third kappa shape index (κ3) is 4.42. The number of rotatable bonds is 7. The molecule has 1 aromatic heterocycles. The number of halogens is 3. The maximum atomic E-state index is 12.7. The normalized spacial score (nSPS) is 16.7. The predicted octanol–water partition coefficient (Wildman–Crippen LogP) is 3.75. The molecule has 3 N–H and O–H groups in total. The highest BCUT2D eigenvalue weighted by atomic mass is 35.5. The van der Waals surface area contributed by atoms with Crippen LogP contribution in [0.5, 0.6) is 0 Å². The zero-order valence-corrected chi connectivity index (χ0v) is 15.9. The fraction of sp³-hybridized carbons (Fsp3) is 0.400. The lowest BCUT2D eigenvalue weighted by molar-refractivity contribution is -0.122. The highest BCUT2D eigenvalue weighted by Gasteiger charge is 2.28. The van der Waals surface area contributed by atoms with E-state index in [9.17, 15) is 13.6 Å². The van der Waals surface area contributed by atoms with Gasteiger partial charge < -0.3 is 16.0 Å². The first-order valence-electron chi connectivity index (χ1n) is 9.32. The van der Waals surface area contributed by atoms with Crippen molar-refractivity contribution in [3.8, 4) is 0 Å². The molecule has 1 atom stereocenters. The minimum absolute atomic E-state index is 0.450. The molecule has 0 saturated heterocycles. The number of amides is 1. The molecule has 2 aliphatic rings. The first-order chi connectivity index (χ1) is 13.5. The summed E-state index contributed by atoms with van der Waals surface area (Å²) in [6.07, 6.45) is -0.431. The van der Waals surface area contributed by atoms with Gasteiger partial charge in [-0.25, -0.2) is 13.8 Å². The van der Waals surface area contributed by atoms with E-state index in [1.165, 1.54) is 0 Å². The summed E-state index contributed by atoms with van der Waals surface area (Å²) >= 11 is 6.27. The molecule has 1 saturated carbocycles. The molecule has 0 spiro atoms. The molecule has 1 aliphatic heterocycles. The van der Waals surface area contributed by atoms with Crippen LogP contribution >= 0.6 is 11.6 Å². The third-order valence-electron chi connectivity index (χ3n) is 4.99. The molecule has 148 valence electrons. The average Bonchev–Trinajstić information content (AvgIpc) is 3.41. The fourth-order valence-electron chi connectivity index (χ4n) is 3.42. The second-order valence-corrected chi connectivity index (χ2v) is 7.65. The van der Waals surface area contributed by atoms with Gasteiger partial charge in [0, 0.05) is 18.1 Å². The van der Waals surface area contributed by atoms with Gasteiger partial charge >= 0.3 is 0 Å². The summed E-state index contributed by atoms with van der Waals surface area (Å²) in [6.45, 7) is 0.727. The molecule has 1 aliphatic carbocycles. The van der Waals surface area contributed by atoms with Crippen molar-refractivity contribution in [2.45, 2.75) is 44.3 Å². The Bertz CT molecular complexity index is 889. The summed E-state index contributed by atoms with van der Waals surface area (Å²) in [7, 11) is 0. The molecular formula is C20H21ClF2N4O. The van der Waals surface area contributed by atoms with Crippen LogP contribution in [0, 0.1) is 0 Å². The number of aromatic nitrogens is 1. The Balaban J connectivity index is 1.63. The number of carbonyl (C=O) groups excluding carboxylic acids is 1. The quantitative estimate of drug-likeness (QED) is 0.655. The number of carbonyl (C=O) groups is 1. The van der Waals surface area contributed by atoms with Gasteiger partial charge in [-0.1, -0.05) is 23.7 Å². The second-order valence-electron chi connectivity index (χ2n) is 7.21. The molecular weight excluding hydrogens is 386 g/mol. The van der Waals surface area contributed by atoms with Crippen molar-refractivity contribution in [3.05, 3.63) is 57.7 Å². The topological polar surface area (TPSA) is 66.0 Å². The minimum Gasteiger partial charge on any atom is -0.355 e. The molecule has 1 fully saturated rings. The van der Waals surface area contributed by atoms with Crippen LogP contribution in [-0.2, 0) is 17.9 Å². The molecule has 2 heterocycles. The number of fused-ring (bicyclic) bond motifs is 1. The number of alkyl halides is 2. The van der Waals surface area contributed by atoms with Crippen molar-refractivity contribution >= 4 is 23.3 Å². The zero-order chi connectivity index (χ0) is 19.7. The van der Waals surface area contributed by atoms with E-state index in [1.54, 1.807) is 12.1 Å². The number of hydrogen-bond acceptors (Lipinski definition) is 4. The predicted molar refractivity (Wildman–Crippen MR) is 104 cm³/mol. The van der Waals surface area contributed by atoms with E-state index in [0.29, 0.717) is 28.9 Å². The Morgan fingerprint density at radius 1 is 1.25 bits per heavy atom. The minimum atomic E-state index is -2.62. The molecule has 28 heavy (non-hydrogen) atoms. The third-order valence-corrected chi connectivity index (χ3v) is 5.20. The van der Waals surface area contributed by atoms with Crippen LogP contribution in [0.3, 0.4) is 0 Å². The van der Waals surface area contributed by atoms with Crippen molar-refractivity contribution in [1.29, 1.82) is 0 Å². The van der Waals surface area contributed by atoms with E-state index < -0.39 is 24.9 Å². The van der Waals surface area contributed by atoms with E-state index in [0.717, 1.165) is 36.2 Å². The van der Waals surface area contributed by atoms with Crippen molar-refractivity contribution in [2.24, 2.45) is 0 Å². The summed E-state index contributed by atoms with van der Waals surface area (Å²) in [4.78, 5) is 17.3. The average molecular weight is 407 g/mol. The fourth-order valence-corrected chi connectivity index (χ4v) is 3.68. The van der Waals surface area contributed by atoms with E-state index in [2.05, 4.69) is 20.9 Å². The van der Waals surface area contributed by atoms with Crippen LogP contribution in [0.4, 0.5) is 14.6 Å². The molecule has 2 aromatic rings. The van der Waals surface area contributed by atoms with Gasteiger partial charge in [0.1, 0.15) is 11.9 Å². The summed E-state index contributed by atoms with van der Waals surface area (Å²) in [6, 6.07) is 8.41. The Kier molecular flexibility index (Phi) is 5.46. The van der Waals surface area contributed by atoms with Crippen LogP contribution in [0.1, 0.15) is 47.2 Å². The van der Waals surface area contributed by atoms with Crippen LogP contribution in [-0.4, -0.2) is 23.9 Å². The first-order valence-corrected chi connectivity index (χ1v) is 9.69. The van der Waals surface area contributed by atoms with E-state index in [1.807, 2.05) is 18.2 Å². The number of nitrogens with one attached hydrogen (secondary N) is 3. The molecule has 4 rings (SSSR count). The lowest BCUT2D eigenvalue weighted by Crippen LogP contribution is -2.36. The second kappa shape index (κ2) is 8.01. The molecule has 0 unspecified atom stereocenters. The molecule has 5 nitrogen and oxygen atoms in total. The van der Waals surface area contributed by atoms with Crippen molar-refractivity contribution in [1.82, 2.24) is 15.6 Å². The first kappa shape index (κ1) is 19.1. The Hall–Kier alpha value is -2.25. The standard InChI is InChI=1S/C20H21ClF2N4O/c21-15-6-13(11-1-2-11)5-14(7-15)19(20(28)25-10-17(22)23)27-18-4-3-12-8-24-9-16(12)26-18/h3-7,11,17,19,24H,1-2,8-10H2,(H,25,28)(H,26,27)/t19-/m1/s1. The van der Waals surface area contributed by atoms with Crippen molar-refractivity contribution in [3.63, 3.8) is 0 Å². The summed E-state index contributed by atoms with van der Waals surface area (Å²) in [5.74, 6) is 0.434. The number of hydrogen-bond donors (Lipinski definition) is 3. The zero-order valence-electron chi connectivity index (χ0n) is 15.1. The van der Waals surface area contributed by atoms with E-state index in [-0.39, 0.29) is 0 Å². The summed E-state index contributed by atoms with van der Waals surface area (Å²) in [5.41, 5.74) is 3.74. The summed E-state index contributed by atoms with van der Waals surface area (Å²) in [5, 5.41) is 9.16. The van der Waals surface area contributed by atoms with Crippen LogP contribution < -0.4 is 16.0 Å². The number of anilines is 1. The maximum absolute atomic E-state index is 12.7. The lowest BCUT2D eigenvalue weighted by Gasteiger charge is -2.21. The van der Waals surface area contributed by atoms with Gasteiger partial charge in [-0.05, 0) is 53.6 Å². The van der Waals surface area contributed by atoms with Crippen LogP contribution in [0.15, 0.2) is 30.3 Å². The van der Waals surface area contributed by atoms with E-state index >= 15 is 0 Å². The van der Waals surface area contributed by atoms with Gasteiger partial charge in [0.05, 0.1) is 12.2 Å². The van der Waals surface area contributed by atoms with Crippen molar-refractivity contribution in [2.75, 3.05) is 11.9 Å². The van der Waals surface area contributed by atoms with Crippen LogP contribution in [0.25, 0.3) is 0 Å². The van der Waals surface area contributed by atoms with Gasteiger partial charge in [-0.3, -0.25) is 4.79 Å². The van der Waals surface area contributed by atoms with Gasteiger partial charge in [-0.2, -0.15) is 0 Å². The van der Waals surface area contributed by atoms with Gasteiger partial charge in [0.2, 0.25) is 5.91 Å². The maximum Gasteiger partial charge on any atom is 0.255 e. The summed E-state index contributed by atoms with van der Waals surface area (Å²) < 4.78 is 25.2. The van der Waals surface area contributed by atoms with Gasteiger partial charge in [0.25, 0.3) is 6.43 Å². The SMILES string of the molecule is O=C(NCC(F)F)[C@H](Nc1ccc2c(n1)CNC2)c1cc(Cl)cc(C2CC2)c1. The molecule has 0 radical (unpaired) electrons. The highest BCUT2D eigenvalue weighted by Crippen LogP contribution is 2.42. The Labute approximate surface area is 166 Å². The monoisotopic (exact) mass is 406 g/mol. The van der Waals surface area contributed by atoms with Gasteiger partial charge in [0.15, 0.2) is 0 Å². The number of nitrogens with zero attached hydrogens (tertiary/aromatic N) is 1. The molecule has 8 heteroatoms. The lowest BCUT2D eigenvalue weighted by atomic mass is 10.0. The molecule has 1 amide bonds. The number of benzene rings is 1. The van der Waals surface area contributed by atoms with E-state index in [4.69, 9.17) is 11.6 Å². The van der Waals surface area contributed by atoms with Crippen LogP contribution in [0.2, 0.25) is 5.02 Å². The Morgan fingerprint density at radius 2 is 2.07 bits per heavy atom. The smallest absolute Gasteiger partial charge is 0.255 e. The highest BCUT2D eigenvalue weighted by molar-refractivity contribution is 6.30. The molecule has 0 bridgehead atoms. The Morgan fingerprint density at radius 3 is 2.82 bits per heavy atom. The van der Waals surface area contributed by atoms with Crippen molar-refractivity contribution < 1.29 is 13.6 Å². The number of pyridine rings is 1.